The number of allylic oxidation sites excluding steroid dienone is 2. The fourth-order valence-electron chi connectivity index (χ4n) is 14.0. The van der Waals surface area contributed by atoms with Gasteiger partial charge in [0.05, 0.1) is 89.4 Å². The zero-order valence-electron chi connectivity index (χ0n) is 77.8. The van der Waals surface area contributed by atoms with E-state index in [1.54, 1.807) is 0 Å². The van der Waals surface area contributed by atoms with Crippen molar-refractivity contribution in [3.8, 4) is 23.0 Å². The third kappa shape index (κ3) is 43.4. The highest BCUT2D eigenvalue weighted by atomic mass is 16.6. The van der Waals surface area contributed by atoms with Gasteiger partial charge in [-0.3, -0.25) is 9.59 Å². The van der Waals surface area contributed by atoms with E-state index in [-0.39, 0.29) is 86.0 Å². The minimum atomic E-state index is -0.895. The molecule has 1 aliphatic rings. The van der Waals surface area contributed by atoms with Crippen LogP contribution in [0.3, 0.4) is 0 Å². The largest absolute Gasteiger partial charge is 0.493 e. The SMILES string of the molecule is C=C(COC(=O)/C=C\C(C)=O)C(=O)OCCCc1cc2c(OCCCCCCC)c(c1)Cc1cc(CCCOC(=O)C(=C)COC(=O)/C=C\C(=O)OC)cc(c1OCCCCCCC)Cc1cc(CCCOC(=O)C(=C)COC(=O)/C=C\C(=O)OC)cc(c1OCCCCCCC)Cc1cc(CCCOC(=O)C(=C)COC(=O)/C=C\C(C)=O)cc(c1OCCCCCCC)C2. The third-order valence-corrected chi connectivity index (χ3v) is 20.8. The summed E-state index contributed by atoms with van der Waals surface area (Å²) in [7, 11) is 2.33. The molecule has 0 atom stereocenters. The molecule has 0 aliphatic heterocycles. The van der Waals surface area contributed by atoms with E-state index < -0.39 is 86.1 Å². The first-order valence-electron chi connectivity index (χ1n) is 45.7. The summed E-state index contributed by atoms with van der Waals surface area (Å²) < 4.78 is 82.4. The minimum absolute atomic E-state index is 0.0410. The predicted molar refractivity (Wildman–Crippen MR) is 493 cm³/mol. The van der Waals surface area contributed by atoms with Crippen LogP contribution in [0.5, 0.6) is 23.0 Å². The maximum atomic E-state index is 13.5. The number of carbonyl (C=O) groups is 12. The third-order valence-electron chi connectivity index (χ3n) is 20.8. The number of benzene rings is 4. The van der Waals surface area contributed by atoms with Crippen molar-refractivity contribution in [2.45, 2.75) is 247 Å². The van der Waals surface area contributed by atoms with Crippen molar-refractivity contribution in [3.63, 3.8) is 0 Å². The Morgan fingerprint density at radius 3 is 0.638 bits per heavy atom. The number of hydrogen-bond donors (Lipinski definition) is 0. The van der Waals surface area contributed by atoms with Gasteiger partial charge >= 0.3 is 59.7 Å². The van der Waals surface area contributed by atoms with Crippen molar-refractivity contribution in [3.05, 3.63) is 213 Å². The van der Waals surface area contributed by atoms with Crippen LogP contribution in [0.25, 0.3) is 0 Å². The Kier molecular flexibility index (Phi) is 52.7. The van der Waals surface area contributed by atoms with Gasteiger partial charge in [0.1, 0.15) is 49.4 Å². The van der Waals surface area contributed by atoms with Gasteiger partial charge in [0, 0.05) is 62.1 Å². The van der Waals surface area contributed by atoms with Crippen molar-refractivity contribution < 1.29 is 124 Å². The number of hydrogen-bond acceptors (Lipinski definition) is 26. The van der Waals surface area contributed by atoms with E-state index in [1.165, 1.54) is 13.8 Å². The van der Waals surface area contributed by atoms with Crippen LogP contribution in [0.1, 0.15) is 262 Å². The summed E-state index contributed by atoms with van der Waals surface area (Å²) >= 11 is 0. The van der Waals surface area contributed by atoms with Crippen LogP contribution in [0.15, 0.2) is 146 Å². The van der Waals surface area contributed by atoms with Crippen LogP contribution >= 0.6 is 0 Å². The molecular weight excluding hydrogens is 1670 g/mol. The summed E-state index contributed by atoms with van der Waals surface area (Å²) in [5.74, 6) is -6.16. The molecule has 0 saturated carbocycles. The van der Waals surface area contributed by atoms with Crippen molar-refractivity contribution >= 4 is 71.3 Å². The average molecular weight is 1800 g/mol. The number of ether oxygens (including phenoxy) is 14. The Hall–Kier alpha value is -12.0. The molecule has 0 fully saturated rings. The summed E-state index contributed by atoms with van der Waals surface area (Å²) in [6, 6.07) is 17.2. The minimum Gasteiger partial charge on any atom is -0.493 e. The molecule has 0 amide bonds. The maximum absolute atomic E-state index is 13.5. The van der Waals surface area contributed by atoms with Crippen LogP contribution in [0.2, 0.25) is 0 Å². The lowest BCUT2D eigenvalue weighted by Gasteiger charge is -2.25. The van der Waals surface area contributed by atoms with E-state index in [2.05, 4.69) is 112 Å². The van der Waals surface area contributed by atoms with E-state index in [9.17, 15) is 57.5 Å². The van der Waals surface area contributed by atoms with Gasteiger partial charge in [-0.05, 0) is 170 Å². The molecule has 4 aromatic carbocycles. The molecule has 130 heavy (non-hydrogen) atoms. The Bertz CT molecular complexity index is 4070. The zero-order chi connectivity index (χ0) is 94.8. The highest BCUT2D eigenvalue weighted by Crippen LogP contribution is 2.42. The lowest BCUT2D eigenvalue weighted by molar-refractivity contribution is -0.143. The second-order valence-corrected chi connectivity index (χ2v) is 32.1. The number of esters is 10. The van der Waals surface area contributed by atoms with Gasteiger partial charge in [-0.2, -0.15) is 0 Å². The molecule has 0 aromatic heterocycles. The molecule has 0 saturated heterocycles. The van der Waals surface area contributed by atoms with Crippen LogP contribution in [-0.4, -0.2) is 165 Å². The first-order valence-corrected chi connectivity index (χ1v) is 45.7. The Morgan fingerprint density at radius 1 is 0.254 bits per heavy atom. The van der Waals surface area contributed by atoms with Crippen molar-refractivity contribution in [1.82, 2.24) is 0 Å². The first kappa shape index (κ1) is 109. The maximum Gasteiger partial charge on any atom is 0.336 e. The van der Waals surface area contributed by atoms with Gasteiger partial charge in [-0.15, -0.1) is 0 Å². The van der Waals surface area contributed by atoms with Gasteiger partial charge in [0.15, 0.2) is 11.6 Å². The van der Waals surface area contributed by atoms with Crippen molar-refractivity contribution in [2.24, 2.45) is 0 Å². The van der Waals surface area contributed by atoms with Crippen LogP contribution in [-0.2, 0) is 156 Å². The first-order chi connectivity index (χ1) is 62.7. The molecule has 5 rings (SSSR count). The number of carbonyl (C=O) groups excluding carboxylic acids is 12. The second kappa shape index (κ2) is 63.1. The predicted octanol–water partition coefficient (Wildman–Crippen LogP) is 17.8. The molecule has 8 bridgehead atoms. The normalized spacial score (nSPS) is 11.6. The number of aryl methyl sites for hydroxylation is 4. The monoisotopic (exact) mass is 1800 g/mol. The molecule has 26 nitrogen and oxygen atoms in total. The summed E-state index contributed by atoms with van der Waals surface area (Å²) in [5, 5.41) is 0. The molecule has 708 valence electrons. The lowest BCUT2D eigenvalue weighted by atomic mass is 9.87. The number of fused-ring (bicyclic) bond motifs is 8. The number of methoxy groups -OCH3 is 2. The smallest absolute Gasteiger partial charge is 0.336 e. The second-order valence-electron chi connectivity index (χ2n) is 32.1. The molecule has 26 heteroatoms. The van der Waals surface area contributed by atoms with E-state index >= 15 is 0 Å². The van der Waals surface area contributed by atoms with Crippen molar-refractivity contribution in [1.29, 1.82) is 0 Å². The van der Waals surface area contributed by atoms with E-state index in [1.807, 2.05) is 0 Å². The molecule has 0 spiro atoms. The number of ketones is 2. The van der Waals surface area contributed by atoms with Crippen LogP contribution in [0, 0.1) is 0 Å². The van der Waals surface area contributed by atoms with Gasteiger partial charge in [0.2, 0.25) is 0 Å². The fourth-order valence-corrected chi connectivity index (χ4v) is 14.0. The summed E-state index contributed by atoms with van der Waals surface area (Å²) in [6.45, 7) is 25.9. The fraction of sp³-hybridized carbons (Fsp3) is 0.500. The Balaban J connectivity index is 1.89. The van der Waals surface area contributed by atoms with E-state index in [0.717, 1.165) is 258 Å². The topological polar surface area (TPSA) is 334 Å². The molecule has 0 heterocycles. The highest BCUT2D eigenvalue weighted by Gasteiger charge is 2.27. The molecular formula is C104H136O26. The molecule has 0 N–H and O–H groups in total. The quantitative estimate of drug-likeness (QED) is 0.0151. The van der Waals surface area contributed by atoms with E-state index in [4.69, 9.17) is 56.8 Å². The Labute approximate surface area is 767 Å². The highest BCUT2D eigenvalue weighted by molar-refractivity contribution is 5.97. The lowest BCUT2D eigenvalue weighted by Crippen LogP contribution is -2.15. The number of rotatable bonds is 64. The zero-order valence-corrected chi connectivity index (χ0v) is 77.8. The van der Waals surface area contributed by atoms with Gasteiger partial charge in [0.25, 0.3) is 0 Å². The standard InChI is InChI=1S/C104H136O26/c1-13-17-21-25-29-49-119-97-83-57-79(37-33-53-123-101(113)73(5)69-127-93(109)43-41-77(9)105)59-85(97)66-87-61-81(39-35-55-125-103(115)75(7)71-129-95(111)47-45-91(107)117-11)63-89(99(87)121-51-31-27-23-19-15-3)68-90-64-82(40-36-56-126-104(116)76(8)72-130-96(112)48-46-92(108)118-12)62-88(100(90)122-52-32-28-24-20-16-4)67-86-60-80(58-84(65-83)98(86)120-50-30-26-22-18-14-2)38-34-54-124-102(114)74(6)70-128-94(110)44-42-78(10)106/h41-48,57-64H,5-8,13-40,49-56,65-72H2,1-4,9-12H3/b43-41-,44-42-,47-45-,48-46-. The summed E-state index contributed by atoms with van der Waals surface area (Å²) in [5.41, 5.74) is 9.73. The summed E-state index contributed by atoms with van der Waals surface area (Å²) in [6.07, 6.45) is 30.8. The average Bonchev–Trinajstić information content (AvgIpc) is 0.771. The number of unbranched alkanes of at least 4 members (excludes halogenated alkanes) is 16. The van der Waals surface area contributed by atoms with Gasteiger partial charge < -0.3 is 66.3 Å². The van der Waals surface area contributed by atoms with Crippen molar-refractivity contribution in [2.75, 3.05) is 93.5 Å². The van der Waals surface area contributed by atoms with E-state index in [0.29, 0.717) is 101 Å². The van der Waals surface area contributed by atoms with Crippen LogP contribution < -0.4 is 18.9 Å². The molecule has 0 radical (unpaired) electrons. The van der Waals surface area contributed by atoms with Crippen LogP contribution in [0.4, 0.5) is 0 Å². The molecule has 0 unspecified atom stereocenters. The molecule has 4 aromatic rings. The van der Waals surface area contributed by atoms with Gasteiger partial charge in [-0.25, -0.2) is 47.9 Å². The van der Waals surface area contributed by atoms with Gasteiger partial charge in [-0.1, -0.05) is 205 Å². The summed E-state index contributed by atoms with van der Waals surface area (Å²) in [4.78, 5) is 150. The molecule has 1 aliphatic carbocycles. The Morgan fingerprint density at radius 2 is 0.446 bits per heavy atom.